The van der Waals surface area contributed by atoms with Crippen LogP contribution in [0.2, 0.25) is 36.3 Å². The Morgan fingerprint density at radius 3 is 2.12 bits per heavy atom. The third-order valence-electron chi connectivity index (χ3n) is 8.98. The maximum atomic E-state index is 13.2. The Hall–Kier alpha value is -1.18. The fourth-order valence-electron chi connectivity index (χ4n) is 4.46. The summed E-state index contributed by atoms with van der Waals surface area (Å²) in [6.07, 6.45) is -0.913. The van der Waals surface area contributed by atoms with Crippen LogP contribution in [-0.2, 0) is 15.0 Å². The number of hydrogen-bond acceptors (Lipinski definition) is 5. The van der Waals surface area contributed by atoms with E-state index in [2.05, 4.69) is 67.7 Å². The molecule has 0 aliphatic heterocycles. The molecule has 0 heterocycles. The molecule has 2 rings (SSSR count). The summed E-state index contributed by atoms with van der Waals surface area (Å²) in [6, 6.07) is 4.86. The summed E-state index contributed by atoms with van der Waals surface area (Å²) in [5.74, 6) is -0.190. The van der Waals surface area contributed by atoms with Crippen molar-refractivity contribution >= 4 is 16.6 Å². The number of hydrogen-bond donors (Lipinski definition) is 2. The number of ether oxygens (including phenoxy) is 1. The van der Waals surface area contributed by atoms with Gasteiger partial charge in [-0.1, -0.05) is 59.8 Å². The van der Waals surface area contributed by atoms with Crippen LogP contribution >= 0.6 is 0 Å². The first-order valence-corrected chi connectivity index (χ1v) is 20.0. The van der Waals surface area contributed by atoms with Gasteiger partial charge >= 0.3 is 6.18 Å². The largest absolute Gasteiger partial charge is 0.491 e. The van der Waals surface area contributed by atoms with Gasteiger partial charge in [-0.05, 0) is 73.2 Å². The molecule has 5 atom stereocenters. The van der Waals surface area contributed by atoms with Crippen molar-refractivity contribution in [2.45, 2.75) is 115 Å². The van der Waals surface area contributed by atoms with Gasteiger partial charge in [-0.25, -0.2) is 0 Å². The highest BCUT2D eigenvalue weighted by molar-refractivity contribution is 6.74. The second-order valence-corrected chi connectivity index (χ2v) is 23.6. The van der Waals surface area contributed by atoms with Crippen LogP contribution in [0.4, 0.5) is 13.2 Å². The van der Waals surface area contributed by atoms with Gasteiger partial charge in [0.05, 0.1) is 23.9 Å². The van der Waals surface area contributed by atoms with Crippen molar-refractivity contribution in [1.29, 1.82) is 0 Å². The SMILES string of the molecule is CC(C)(C)[Si](C)(C)O[C@H](/C=C/[C@@H]1[C@@H](CCO)[C@@H](O)C[C@H]1O[Si](C)(C)C(C)(C)C)COc1cccc(C(F)(F)F)c1. The van der Waals surface area contributed by atoms with Gasteiger partial charge in [0.15, 0.2) is 16.6 Å². The molecular weight excluding hydrogens is 553 g/mol. The van der Waals surface area contributed by atoms with E-state index >= 15 is 0 Å². The van der Waals surface area contributed by atoms with Crippen LogP contribution in [0, 0.1) is 11.8 Å². The van der Waals surface area contributed by atoms with E-state index in [1.807, 2.05) is 12.2 Å². The molecule has 1 saturated carbocycles. The third kappa shape index (κ3) is 9.16. The molecule has 5 nitrogen and oxygen atoms in total. The molecule has 0 aromatic heterocycles. The van der Waals surface area contributed by atoms with Crippen molar-refractivity contribution in [3.8, 4) is 5.75 Å². The molecule has 2 N–H and O–H groups in total. The lowest BCUT2D eigenvalue weighted by Crippen LogP contribution is -2.45. The monoisotopic (exact) mass is 604 g/mol. The summed E-state index contributed by atoms with van der Waals surface area (Å²) < 4.78 is 59.0. The van der Waals surface area contributed by atoms with Crippen LogP contribution in [-0.4, -0.2) is 58.4 Å². The number of alkyl halides is 3. The van der Waals surface area contributed by atoms with Gasteiger partial charge < -0.3 is 23.8 Å². The number of aliphatic hydroxyl groups excluding tert-OH is 2. The first-order valence-electron chi connectivity index (χ1n) is 14.2. The van der Waals surface area contributed by atoms with Crippen molar-refractivity contribution in [3.05, 3.63) is 42.0 Å². The summed E-state index contributed by atoms with van der Waals surface area (Å²) in [6.45, 7) is 21.5. The van der Waals surface area contributed by atoms with Gasteiger partial charge in [0.25, 0.3) is 0 Å². The minimum atomic E-state index is -4.46. The van der Waals surface area contributed by atoms with E-state index in [0.717, 1.165) is 12.1 Å². The molecule has 1 aliphatic rings. The summed E-state index contributed by atoms with van der Waals surface area (Å²) in [5, 5.41) is 20.5. The highest BCUT2D eigenvalue weighted by Crippen LogP contribution is 2.44. The summed E-state index contributed by atoms with van der Waals surface area (Å²) in [4.78, 5) is 0. The normalized spacial score (nSPS) is 24.1. The van der Waals surface area contributed by atoms with Crippen LogP contribution in [0.1, 0.15) is 59.9 Å². The summed E-state index contributed by atoms with van der Waals surface area (Å²) in [7, 11) is -4.42. The van der Waals surface area contributed by atoms with Crippen LogP contribution in [0.15, 0.2) is 36.4 Å². The minimum absolute atomic E-state index is 0.00590. The molecule has 0 bridgehead atoms. The zero-order valence-corrected chi connectivity index (χ0v) is 27.9. The van der Waals surface area contributed by atoms with Gasteiger partial charge in [0.2, 0.25) is 0 Å². The van der Waals surface area contributed by atoms with Gasteiger partial charge in [0.1, 0.15) is 12.4 Å². The van der Waals surface area contributed by atoms with E-state index in [1.54, 1.807) is 0 Å². The number of halogens is 3. The Morgan fingerprint density at radius 2 is 1.60 bits per heavy atom. The number of rotatable bonds is 11. The molecule has 0 radical (unpaired) electrons. The van der Waals surface area contributed by atoms with E-state index in [9.17, 15) is 23.4 Å². The van der Waals surface area contributed by atoms with Gasteiger partial charge in [0, 0.05) is 12.5 Å². The van der Waals surface area contributed by atoms with E-state index in [4.69, 9.17) is 13.6 Å². The highest BCUT2D eigenvalue weighted by atomic mass is 28.4. The quantitative estimate of drug-likeness (QED) is 0.199. The Morgan fingerprint density at radius 1 is 1.00 bits per heavy atom. The first-order chi connectivity index (χ1) is 18.1. The second-order valence-electron chi connectivity index (χ2n) is 14.1. The Balaban J connectivity index is 2.38. The van der Waals surface area contributed by atoms with Crippen molar-refractivity contribution < 1.29 is 37.0 Å². The molecular formula is C30H51F3O5Si2. The fourth-order valence-corrected chi connectivity index (χ4v) is 7.08. The smallest absolute Gasteiger partial charge is 0.416 e. The lowest BCUT2D eigenvalue weighted by Gasteiger charge is -2.40. The van der Waals surface area contributed by atoms with Gasteiger partial charge in [-0.2, -0.15) is 13.2 Å². The molecule has 40 heavy (non-hydrogen) atoms. The molecule has 230 valence electrons. The van der Waals surface area contributed by atoms with Crippen molar-refractivity contribution in [3.63, 3.8) is 0 Å². The van der Waals surface area contributed by atoms with E-state index in [1.165, 1.54) is 12.1 Å². The summed E-state index contributed by atoms with van der Waals surface area (Å²) >= 11 is 0. The van der Waals surface area contributed by atoms with E-state index in [0.29, 0.717) is 12.8 Å². The molecule has 1 aromatic rings. The van der Waals surface area contributed by atoms with Gasteiger partial charge in [-0.3, -0.25) is 0 Å². The number of aliphatic hydroxyl groups is 2. The van der Waals surface area contributed by atoms with Crippen molar-refractivity contribution in [1.82, 2.24) is 0 Å². The Kier molecular flexibility index (Phi) is 11.4. The molecule has 1 fully saturated rings. The average Bonchev–Trinajstić information content (AvgIpc) is 3.07. The molecule has 0 saturated heterocycles. The van der Waals surface area contributed by atoms with Crippen LogP contribution in [0.5, 0.6) is 5.75 Å². The second kappa shape index (κ2) is 13.0. The third-order valence-corrected chi connectivity index (χ3v) is 18.0. The lowest BCUT2D eigenvalue weighted by molar-refractivity contribution is -0.137. The van der Waals surface area contributed by atoms with Crippen molar-refractivity contribution in [2.75, 3.05) is 13.2 Å². The first kappa shape index (κ1) is 35.0. The Labute approximate surface area is 241 Å². The maximum Gasteiger partial charge on any atom is 0.416 e. The zero-order valence-electron chi connectivity index (χ0n) is 25.9. The molecule has 0 amide bonds. The van der Waals surface area contributed by atoms with Crippen LogP contribution < -0.4 is 4.74 Å². The predicted octanol–water partition coefficient (Wildman–Crippen LogP) is 7.80. The maximum absolute atomic E-state index is 13.2. The van der Waals surface area contributed by atoms with Crippen LogP contribution in [0.25, 0.3) is 0 Å². The average molecular weight is 605 g/mol. The minimum Gasteiger partial charge on any atom is -0.491 e. The van der Waals surface area contributed by atoms with Crippen molar-refractivity contribution in [2.24, 2.45) is 11.8 Å². The molecule has 1 aliphatic carbocycles. The highest BCUT2D eigenvalue weighted by Gasteiger charge is 2.47. The topological polar surface area (TPSA) is 68.2 Å². The summed E-state index contributed by atoms with van der Waals surface area (Å²) in [5.41, 5.74) is -0.764. The van der Waals surface area contributed by atoms with Crippen LogP contribution in [0.3, 0.4) is 0 Å². The van der Waals surface area contributed by atoms with E-state index < -0.39 is 40.6 Å². The zero-order chi connectivity index (χ0) is 30.7. The molecule has 0 unspecified atom stereocenters. The Bertz CT molecular complexity index is 983. The standard InChI is InChI=1S/C30H51F3O5Si2/c1-28(2,3)39(7,8)37-23(20-36-22-13-11-12-21(18-22)30(31,32)33)14-15-25-24(16-17-34)26(35)19-27(25)38-40(9,10)29(4,5)6/h11-15,18,23-27,34-35H,16-17,19-20H2,1-10H3/b15-14+/t23-,24-,25-,26+,27-/m1/s1. The lowest BCUT2D eigenvalue weighted by atomic mass is 9.90. The molecule has 10 heteroatoms. The molecule has 0 spiro atoms. The van der Waals surface area contributed by atoms with E-state index in [-0.39, 0.29) is 47.0 Å². The number of benzene rings is 1. The van der Waals surface area contributed by atoms with Gasteiger partial charge in [-0.15, -0.1) is 0 Å². The fraction of sp³-hybridized carbons (Fsp3) is 0.733. The predicted molar refractivity (Wildman–Crippen MR) is 160 cm³/mol. The molecule has 1 aromatic carbocycles.